The molecule has 23 heavy (non-hydrogen) atoms. The molecule has 1 fully saturated rings. The monoisotopic (exact) mass is 335 g/mol. The largest absolute Gasteiger partial charge is 0.393 e. The Kier molecular flexibility index (Phi) is 5.30. The molecule has 1 aromatic heterocycles. The van der Waals surface area contributed by atoms with Gasteiger partial charge >= 0.3 is 0 Å². The van der Waals surface area contributed by atoms with Gasteiger partial charge < -0.3 is 9.63 Å². The van der Waals surface area contributed by atoms with Crippen LogP contribution in [0, 0.1) is 5.92 Å². The van der Waals surface area contributed by atoms with E-state index < -0.39 is 0 Å². The molecule has 0 bridgehead atoms. The molecule has 0 spiro atoms. The first-order chi connectivity index (χ1) is 11.1. The third kappa shape index (κ3) is 4.31. The molecule has 1 aromatic carbocycles. The maximum Gasteiger partial charge on any atom is 0.258 e. The Morgan fingerprint density at radius 2 is 2.17 bits per heavy atom. The maximum atomic E-state index is 10.1. The maximum absolute atomic E-state index is 10.1. The molecule has 2 aromatic rings. The second-order valence-electron chi connectivity index (χ2n) is 6.33. The molecular formula is C17H22ClN3O2. The highest BCUT2D eigenvalue weighted by molar-refractivity contribution is 6.30. The first kappa shape index (κ1) is 16.4. The molecule has 5 nitrogen and oxygen atoms in total. The van der Waals surface area contributed by atoms with Gasteiger partial charge in [-0.05, 0) is 44.0 Å². The number of aliphatic hydroxyl groups is 1. The van der Waals surface area contributed by atoms with E-state index >= 15 is 0 Å². The van der Waals surface area contributed by atoms with E-state index in [0.29, 0.717) is 29.2 Å². The summed E-state index contributed by atoms with van der Waals surface area (Å²) in [4.78, 5) is 6.58. The van der Waals surface area contributed by atoms with Crippen LogP contribution in [0.3, 0.4) is 0 Å². The zero-order chi connectivity index (χ0) is 16.2. The second-order valence-corrected chi connectivity index (χ2v) is 6.77. The van der Waals surface area contributed by atoms with Gasteiger partial charge in [-0.1, -0.05) is 35.7 Å². The van der Waals surface area contributed by atoms with Gasteiger partial charge in [-0.3, -0.25) is 4.90 Å². The third-order valence-electron chi connectivity index (χ3n) is 4.37. The summed E-state index contributed by atoms with van der Waals surface area (Å²) < 4.78 is 5.32. The fraction of sp³-hybridized carbons (Fsp3) is 0.529. The molecule has 0 radical (unpaired) electrons. The van der Waals surface area contributed by atoms with Crippen molar-refractivity contribution in [2.75, 3.05) is 13.6 Å². The topological polar surface area (TPSA) is 62.4 Å². The van der Waals surface area contributed by atoms with Crippen LogP contribution in [0.2, 0.25) is 5.02 Å². The van der Waals surface area contributed by atoms with Crippen LogP contribution in [0.15, 0.2) is 28.8 Å². The van der Waals surface area contributed by atoms with Crippen LogP contribution in [-0.4, -0.2) is 39.8 Å². The summed E-state index contributed by atoms with van der Waals surface area (Å²) in [5.41, 5.74) is 0.821. The number of rotatable bonds is 5. The van der Waals surface area contributed by atoms with Crippen LogP contribution in [0.5, 0.6) is 0 Å². The van der Waals surface area contributed by atoms with Crippen molar-refractivity contribution in [2.45, 2.75) is 38.3 Å². The van der Waals surface area contributed by atoms with Crippen molar-refractivity contribution < 1.29 is 9.63 Å². The van der Waals surface area contributed by atoms with Crippen molar-refractivity contribution in [1.82, 2.24) is 15.0 Å². The van der Waals surface area contributed by atoms with Crippen LogP contribution in [0.4, 0.5) is 0 Å². The molecule has 1 aliphatic carbocycles. The van der Waals surface area contributed by atoms with Crippen LogP contribution in [0.25, 0.3) is 11.5 Å². The molecule has 6 heteroatoms. The minimum absolute atomic E-state index is 0.182. The van der Waals surface area contributed by atoms with E-state index in [1.54, 1.807) is 6.07 Å². The number of aliphatic hydroxyl groups excluding tert-OH is 1. The summed E-state index contributed by atoms with van der Waals surface area (Å²) in [6, 6.07) is 7.37. The van der Waals surface area contributed by atoms with E-state index in [1.165, 1.54) is 6.42 Å². The van der Waals surface area contributed by atoms with Gasteiger partial charge in [-0.25, -0.2) is 0 Å². The van der Waals surface area contributed by atoms with E-state index in [2.05, 4.69) is 15.0 Å². The molecule has 124 valence electrons. The van der Waals surface area contributed by atoms with Crippen molar-refractivity contribution in [1.29, 1.82) is 0 Å². The molecule has 1 N–H and O–H groups in total. The lowest BCUT2D eigenvalue weighted by Gasteiger charge is -2.30. The van der Waals surface area contributed by atoms with E-state index in [1.807, 2.05) is 25.2 Å². The molecule has 0 amide bonds. The molecule has 2 atom stereocenters. The highest BCUT2D eigenvalue weighted by Crippen LogP contribution is 2.25. The molecule has 3 rings (SSSR count). The fourth-order valence-corrected chi connectivity index (χ4v) is 3.35. The predicted molar refractivity (Wildman–Crippen MR) is 89.0 cm³/mol. The van der Waals surface area contributed by atoms with Gasteiger partial charge in [0.2, 0.25) is 0 Å². The number of halogens is 1. The van der Waals surface area contributed by atoms with Crippen LogP contribution >= 0.6 is 11.6 Å². The lowest BCUT2D eigenvalue weighted by molar-refractivity contribution is 0.0496. The van der Waals surface area contributed by atoms with Crippen molar-refractivity contribution in [3.63, 3.8) is 0 Å². The number of benzene rings is 1. The second kappa shape index (κ2) is 7.43. The van der Waals surface area contributed by atoms with Crippen LogP contribution in [-0.2, 0) is 6.54 Å². The summed E-state index contributed by atoms with van der Waals surface area (Å²) in [7, 11) is 2.02. The highest BCUT2D eigenvalue weighted by Gasteiger charge is 2.24. The lowest BCUT2D eigenvalue weighted by atomic mass is 9.86. The molecule has 0 aliphatic heterocycles. The van der Waals surface area contributed by atoms with Gasteiger partial charge in [-0.15, -0.1) is 0 Å². The third-order valence-corrected chi connectivity index (χ3v) is 4.60. The average Bonchev–Trinajstić information content (AvgIpc) is 2.98. The SMILES string of the molecule is CN(Cc1noc(-c2cccc(Cl)c2)n1)CC1CCCCC1O. The van der Waals surface area contributed by atoms with Crippen molar-refractivity contribution in [3.8, 4) is 11.5 Å². The van der Waals surface area contributed by atoms with Gasteiger partial charge in [0.1, 0.15) is 0 Å². The molecule has 2 unspecified atom stereocenters. The number of nitrogens with zero attached hydrogens (tertiary/aromatic N) is 3. The zero-order valence-electron chi connectivity index (χ0n) is 13.3. The Balaban J connectivity index is 1.60. The lowest BCUT2D eigenvalue weighted by Crippen LogP contribution is -2.34. The predicted octanol–water partition coefficient (Wildman–Crippen LogP) is 3.37. The van der Waals surface area contributed by atoms with Gasteiger partial charge in [0.05, 0.1) is 12.6 Å². The minimum atomic E-state index is -0.182. The van der Waals surface area contributed by atoms with Gasteiger partial charge in [0, 0.05) is 17.1 Å². The molecular weight excluding hydrogens is 314 g/mol. The smallest absolute Gasteiger partial charge is 0.258 e. The first-order valence-corrected chi connectivity index (χ1v) is 8.45. The Morgan fingerprint density at radius 3 is 2.96 bits per heavy atom. The van der Waals surface area contributed by atoms with E-state index in [9.17, 15) is 5.11 Å². The summed E-state index contributed by atoms with van der Waals surface area (Å²) in [6.07, 6.45) is 4.16. The summed E-state index contributed by atoms with van der Waals surface area (Å²) in [5, 5.41) is 14.8. The van der Waals surface area contributed by atoms with Crippen LogP contribution in [0.1, 0.15) is 31.5 Å². The number of aromatic nitrogens is 2. The van der Waals surface area contributed by atoms with Gasteiger partial charge in [-0.2, -0.15) is 4.98 Å². The molecule has 0 saturated heterocycles. The molecule has 1 aliphatic rings. The summed E-state index contributed by atoms with van der Waals surface area (Å²) >= 11 is 5.99. The minimum Gasteiger partial charge on any atom is -0.393 e. The summed E-state index contributed by atoms with van der Waals surface area (Å²) in [6.45, 7) is 1.45. The van der Waals surface area contributed by atoms with Crippen molar-refractivity contribution in [2.24, 2.45) is 5.92 Å². The average molecular weight is 336 g/mol. The summed E-state index contributed by atoms with van der Waals surface area (Å²) in [5.74, 6) is 1.47. The van der Waals surface area contributed by atoms with Gasteiger partial charge in [0.15, 0.2) is 5.82 Å². The fourth-order valence-electron chi connectivity index (χ4n) is 3.16. The zero-order valence-corrected chi connectivity index (χ0v) is 14.0. The van der Waals surface area contributed by atoms with E-state index in [0.717, 1.165) is 31.4 Å². The number of hydrogen-bond donors (Lipinski definition) is 1. The van der Waals surface area contributed by atoms with E-state index in [-0.39, 0.29) is 6.10 Å². The first-order valence-electron chi connectivity index (χ1n) is 8.07. The Bertz CT molecular complexity index is 646. The van der Waals surface area contributed by atoms with Crippen molar-refractivity contribution in [3.05, 3.63) is 35.1 Å². The van der Waals surface area contributed by atoms with Gasteiger partial charge in [0.25, 0.3) is 5.89 Å². The standard InChI is InChI=1S/C17H22ClN3O2/c1-21(10-13-5-2-3-8-15(13)22)11-16-19-17(23-20-16)12-6-4-7-14(18)9-12/h4,6-7,9,13,15,22H,2-3,5,8,10-11H2,1H3. The molecule has 1 heterocycles. The Morgan fingerprint density at radius 1 is 1.35 bits per heavy atom. The number of hydrogen-bond acceptors (Lipinski definition) is 5. The molecule has 1 saturated carbocycles. The Labute approximate surface area is 141 Å². The quantitative estimate of drug-likeness (QED) is 0.907. The van der Waals surface area contributed by atoms with E-state index in [4.69, 9.17) is 16.1 Å². The van der Waals surface area contributed by atoms with Crippen LogP contribution < -0.4 is 0 Å². The Hall–Kier alpha value is -1.43. The highest BCUT2D eigenvalue weighted by atomic mass is 35.5. The normalized spacial score (nSPS) is 21.7. The van der Waals surface area contributed by atoms with Crippen molar-refractivity contribution >= 4 is 11.6 Å².